The summed E-state index contributed by atoms with van der Waals surface area (Å²) in [5.74, 6) is 0. The van der Waals surface area contributed by atoms with E-state index in [0.29, 0.717) is 5.69 Å². The number of aromatic nitrogens is 1. The van der Waals surface area contributed by atoms with Crippen LogP contribution >= 0.6 is 22.9 Å². The molecule has 0 bridgehead atoms. The fourth-order valence-corrected chi connectivity index (χ4v) is 3.41. The third kappa shape index (κ3) is 2.44. The molecule has 3 rings (SSSR count). The summed E-state index contributed by atoms with van der Waals surface area (Å²) in [6.07, 6.45) is 1.77. The van der Waals surface area contributed by atoms with Crippen molar-refractivity contribution in [3.05, 3.63) is 51.8 Å². The van der Waals surface area contributed by atoms with E-state index in [1.54, 1.807) is 17.5 Å². The van der Waals surface area contributed by atoms with Crippen molar-refractivity contribution in [2.45, 2.75) is 6.54 Å². The molecule has 0 fully saturated rings. The van der Waals surface area contributed by atoms with E-state index in [9.17, 15) is 0 Å². The van der Waals surface area contributed by atoms with Crippen LogP contribution < -0.4 is 10.6 Å². The van der Waals surface area contributed by atoms with Gasteiger partial charge in [0.25, 0.3) is 0 Å². The summed E-state index contributed by atoms with van der Waals surface area (Å²) in [6, 6.07) is 11.9. The van der Waals surface area contributed by atoms with Crippen molar-refractivity contribution in [2.24, 2.45) is 0 Å². The van der Waals surface area contributed by atoms with E-state index in [-0.39, 0.29) is 0 Å². The number of nitrogens with two attached hydrogens (primary N) is 1. The molecular formula is C15H14ClN3S. The number of nitrogen functional groups attached to an aromatic ring is 1. The van der Waals surface area contributed by atoms with Crippen molar-refractivity contribution in [3.63, 3.8) is 0 Å². The van der Waals surface area contributed by atoms with Gasteiger partial charge in [-0.15, -0.1) is 11.3 Å². The van der Waals surface area contributed by atoms with Crippen LogP contribution in [0.5, 0.6) is 0 Å². The Labute approximate surface area is 126 Å². The molecule has 1 aromatic carbocycles. The molecule has 0 aliphatic carbocycles. The van der Waals surface area contributed by atoms with E-state index >= 15 is 0 Å². The molecule has 0 unspecified atom stereocenters. The van der Waals surface area contributed by atoms with Crippen LogP contribution in [-0.4, -0.2) is 12.0 Å². The highest BCUT2D eigenvalue weighted by molar-refractivity contribution is 7.16. The lowest BCUT2D eigenvalue weighted by molar-refractivity contribution is 0.946. The topological polar surface area (TPSA) is 42.1 Å². The van der Waals surface area contributed by atoms with Gasteiger partial charge < -0.3 is 10.6 Å². The summed E-state index contributed by atoms with van der Waals surface area (Å²) < 4.78 is 0.817. The molecule has 2 aromatic heterocycles. The average Bonchev–Trinajstić information content (AvgIpc) is 2.84. The molecule has 0 saturated heterocycles. The normalized spacial score (nSPS) is 10.9. The van der Waals surface area contributed by atoms with Crippen molar-refractivity contribution < 1.29 is 0 Å². The maximum absolute atomic E-state index is 5.98. The molecule has 2 heterocycles. The van der Waals surface area contributed by atoms with Gasteiger partial charge in [-0.25, -0.2) is 0 Å². The molecule has 0 radical (unpaired) electrons. The van der Waals surface area contributed by atoms with E-state index in [4.69, 9.17) is 17.3 Å². The number of nitrogens with zero attached hydrogens (tertiary/aromatic N) is 2. The monoisotopic (exact) mass is 303 g/mol. The lowest BCUT2D eigenvalue weighted by atomic mass is 10.1. The Kier molecular flexibility index (Phi) is 3.51. The number of anilines is 2. The van der Waals surface area contributed by atoms with Gasteiger partial charge in [-0.3, -0.25) is 4.98 Å². The highest BCUT2D eigenvalue weighted by atomic mass is 35.5. The molecule has 5 heteroatoms. The summed E-state index contributed by atoms with van der Waals surface area (Å²) in [7, 11) is 2.06. The van der Waals surface area contributed by atoms with Gasteiger partial charge in [0.15, 0.2) is 0 Å². The van der Waals surface area contributed by atoms with Gasteiger partial charge >= 0.3 is 0 Å². The molecule has 3 nitrogen and oxygen atoms in total. The van der Waals surface area contributed by atoms with Crippen molar-refractivity contribution in [1.29, 1.82) is 0 Å². The SMILES string of the molecule is CN(Cc1ccc(Cl)s1)c1ccc(N)c2ncccc12. The average molecular weight is 304 g/mol. The van der Waals surface area contributed by atoms with Crippen LogP contribution in [0.1, 0.15) is 4.88 Å². The minimum atomic E-state index is 0.705. The molecule has 0 spiro atoms. The van der Waals surface area contributed by atoms with Crippen LogP contribution in [0, 0.1) is 0 Å². The standard InChI is InChI=1S/C15H14ClN3S/c1-19(9-10-4-7-14(16)20-10)13-6-5-12(17)15-11(13)3-2-8-18-15/h2-8H,9,17H2,1H3. The van der Waals surface area contributed by atoms with Gasteiger partial charge in [0.1, 0.15) is 0 Å². The van der Waals surface area contributed by atoms with Crippen LogP contribution in [0.3, 0.4) is 0 Å². The minimum absolute atomic E-state index is 0.705. The molecule has 2 N–H and O–H groups in total. The van der Waals surface area contributed by atoms with Crippen molar-refractivity contribution >= 4 is 45.2 Å². The highest BCUT2D eigenvalue weighted by Crippen LogP contribution is 2.31. The minimum Gasteiger partial charge on any atom is -0.397 e. The van der Waals surface area contributed by atoms with Crippen LogP contribution in [0.2, 0.25) is 4.34 Å². The Hall–Kier alpha value is -1.78. The number of benzene rings is 1. The number of hydrogen-bond acceptors (Lipinski definition) is 4. The smallest absolute Gasteiger partial charge is 0.0951 e. The Morgan fingerprint density at radius 2 is 2.10 bits per heavy atom. The number of hydrogen-bond donors (Lipinski definition) is 1. The van der Waals surface area contributed by atoms with Crippen molar-refractivity contribution in [3.8, 4) is 0 Å². The van der Waals surface area contributed by atoms with Gasteiger partial charge in [0.2, 0.25) is 0 Å². The Morgan fingerprint density at radius 3 is 2.85 bits per heavy atom. The molecule has 20 heavy (non-hydrogen) atoms. The second-order valence-electron chi connectivity index (χ2n) is 4.64. The van der Waals surface area contributed by atoms with Gasteiger partial charge in [0.05, 0.1) is 22.1 Å². The third-order valence-corrected chi connectivity index (χ3v) is 4.43. The van der Waals surface area contributed by atoms with E-state index in [0.717, 1.165) is 27.5 Å². The Balaban J connectivity index is 1.99. The van der Waals surface area contributed by atoms with Crippen molar-refractivity contribution in [1.82, 2.24) is 4.98 Å². The first-order valence-electron chi connectivity index (χ1n) is 6.24. The number of rotatable bonds is 3. The zero-order valence-corrected chi connectivity index (χ0v) is 12.6. The van der Waals surface area contributed by atoms with Crippen molar-refractivity contribution in [2.75, 3.05) is 17.7 Å². The molecule has 0 amide bonds. The maximum Gasteiger partial charge on any atom is 0.0951 e. The highest BCUT2D eigenvalue weighted by Gasteiger charge is 2.10. The third-order valence-electron chi connectivity index (χ3n) is 3.21. The first-order valence-corrected chi connectivity index (χ1v) is 7.43. The lowest BCUT2D eigenvalue weighted by Gasteiger charge is -2.20. The largest absolute Gasteiger partial charge is 0.397 e. The molecule has 0 saturated carbocycles. The second-order valence-corrected chi connectivity index (χ2v) is 6.44. The van der Waals surface area contributed by atoms with Crippen LogP contribution in [0.4, 0.5) is 11.4 Å². The molecular weight excluding hydrogens is 290 g/mol. The zero-order valence-electron chi connectivity index (χ0n) is 11.0. The molecule has 3 aromatic rings. The summed E-state index contributed by atoms with van der Waals surface area (Å²) in [6.45, 7) is 0.811. The van der Waals surface area contributed by atoms with Gasteiger partial charge in [-0.05, 0) is 36.4 Å². The fraction of sp³-hybridized carbons (Fsp3) is 0.133. The molecule has 0 atom stereocenters. The number of pyridine rings is 1. The van der Waals surface area contributed by atoms with Crippen LogP contribution in [-0.2, 0) is 6.54 Å². The van der Waals surface area contributed by atoms with E-state index in [1.165, 1.54) is 4.88 Å². The molecule has 0 aliphatic rings. The first kappa shape index (κ1) is 13.2. The van der Waals surface area contributed by atoms with E-state index in [1.807, 2.05) is 30.3 Å². The number of halogens is 1. The lowest BCUT2D eigenvalue weighted by Crippen LogP contribution is -2.16. The van der Waals surface area contributed by atoms with Crippen LogP contribution in [0.15, 0.2) is 42.6 Å². The summed E-state index contributed by atoms with van der Waals surface area (Å²) in [4.78, 5) is 7.78. The predicted octanol–water partition coefficient (Wildman–Crippen LogP) is 4.17. The molecule has 102 valence electrons. The predicted molar refractivity (Wildman–Crippen MR) is 87.6 cm³/mol. The quantitative estimate of drug-likeness (QED) is 0.738. The maximum atomic E-state index is 5.98. The van der Waals surface area contributed by atoms with Gasteiger partial charge in [-0.2, -0.15) is 0 Å². The molecule has 0 aliphatic heterocycles. The number of thiophene rings is 1. The summed E-state index contributed by atoms with van der Waals surface area (Å²) in [5.41, 5.74) is 8.66. The van der Waals surface area contributed by atoms with E-state index in [2.05, 4.69) is 23.0 Å². The van der Waals surface area contributed by atoms with E-state index < -0.39 is 0 Å². The summed E-state index contributed by atoms with van der Waals surface area (Å²) >= 11 is 7.58. The second kappa shape index (κ2) is 5.31. The fourth-order valence-electron chi connectivity index (χ4n) is 2.27. The Morgan fingerprint density at radius 1 is 1.25 bits per heavy atom. The van der Waals surface area contributed by atoms with Crippen LogP contribution in [0.25, 0.3) is 10.9 Å². The van der Waals surface area contributed by atoms with Gasteiger partial charge in [0, 0.05) is 29.2 Å². The zero-order chi connectivity index (χ0) is 14.1. The Bertz CT molecular complexity index is 754. The van der Waals surface area contributed by atoms with Gasteiger partial charge in [-0.1, -0.05) is 11.6 Å². The number of fused-ring (bicyclic) bond motifs is 1. The first-order chi connectivity index (χ1) is 9.65. The summed E-state index contributed by atoms with van der Waals surface area (Å²) in [5, 5.41) is 1.07.